The van der Waals surface area contributed by atoms with Crippen molar-refractivity contribution in [3.8, 4) is 12.1 Å². The molecular weight excluding hydrogens is 320 g/mol. The standard InChI is InChI=1S/C23H28N2O/c24-15-1-2-18-3-5-20(6-4-18)17-26-23-13-11-22(12-14-23)21-9-7-19(16-25)8-10-21/h1-2,7-10,18,20,22-23H,3-6,11-14,17H2/b2-1+. The Morgan fingerprint density at radius 2 is 1.62 bits per heavy atom. The van der Waals surface area contributed by atoms with Crippen LogP contribution in [0.4, 0.5) is 0 Å². The molecule has 0 N–H and O–H groups in total. The summed E-state index contributed by atoms with van der Waals surface area (Å²) in [6, 6.07) is 12.4. The van der Waals surface area contributed by atoms with Gasteiger partial charge < -0.3 is 4.74 Å². The van der Waals surface area contributed by atoms with Crippen molar-refractivity contribution in [2.24, 2.45) is 11.8 Å². The van der Waals surface area contributed by atoms with Gasteiger partial charge in [-0.1, -0.05) is 18.2 Å². The molecular formula is C23H28N2O. The van der Waals surface area contributed by atoms with Crippen molar-refractivity contribution in [1.82, 2.24) is 0 Å². The summed E-state index contributed by atoms with van der Waals surface area (Å²) in [5.41, 5.74) is 2.11. The molecule has 3 nitrogen and oxygen atoms in total. The van der Waals surface area contributed by atoms with Crippen molar-refractivity contribution in [2.75, 3.05) is 6.61 Å². The summed E-state index contributed by atoms with van der Waals surface area (Å²) >= 11 is 0. The first kappa shape index (κ1) is 18.7. The number of allylic oxidation sites excluding steroid dienone is 2. The summed E-state index contributed by atoms with van der Waals surface area (Å²) in [6.07, 6.45) is 13.6. The lowest BCUT2D eigenvalue weighted by atomic mass is 9.81. The van der Waals surface area contributed by atoms with Gasteiger partial charge in [-0.05, 0) is 86.8 Å². The maximum atomic E-state index is 8.91. The number of ether oxygens (including phenoxy) is 1. The summed E-state index contributed by atoms with van der Waals surface area (Å²) in [7, 11) is 0. The van der Waals surface area contributed by atoms with Gasteiger partial charge in [0.15, 0.2) is 0 Å². The van der Waals surface area contributed by atoms with Gasteiger partial charge in [-0.15, -0.1) is 0 Å². The monoisotopic (exact) mass is 348 g/mol. The van der Waals surface area contributed by atoms with Crippen molar-refractivity contribution in [2.45, 2.75) is 63.4 Å². The van der Waals surface area contributed by atoms with Gasteiger partial charge in [0, 0.05) is 12.7 Å². The van der Waals surface area contributed by atoms with Gasteiger partial charge in [-0.3, -0.25) is 0 Å². The third-order valence-corrected chi connectivity index (χ3v) is 6.09. The van der Waals surface area contributed by atoms with E-state index in [1.54, 1.807) is 6.08 Å². The Labute approximate surface area is 157 Å². The fraction of sp³-hybridized carbons (Fsp3) is 0.565. The quantitative estimate of drug-likeness (QED) is 0.661. The van der Waals surface area contributed by atoms with Gasteiger partial charge in [-0.2, -0.15) is 10.5 Å². The van der Waals surface area contributed by atoms with E-state index in [9.17, 15) is 0 Å². The highest BCUT2D eigenvalue weighted by molar-refractivity contribution is 5.33. The number of hydrogen-bond donors (Lipinski definition) is 0. The van der Waals surface area contributed by atoms with E-state index < -0.39 is 0 Å². The lowest BCUT2D eigenvalue weighted by molar-refractivity contribution is -0.00337. The van der Waals surface area contributed by atoms with Crippen LogP contribution in [0.3, 0.4) is 0 Å². The zero-order valence-electron chi connectivity index (χ0n) is 15.4. The molecule has 0 unspecified atom stereocenters. The van der Waals surface area contributed by atoms with Crippen LogP contribution in [0.1, 0.15) is 68.4 Å². The third kappa shape index (κ3) is 5.20. The highest BCUT2D eigenvalue weighted by Gasteiger charge is 2.25. The Morgan fingerprint density at radius 1 is 0.923 bits per heavy atom. The van der Waals surface area contributed by atoms with Gasteiger partial charge >= 0.3 is 0 Å². The van der Waals surface area contributed by atoms with Crippen molar-refractivity contribution in [1.29, 1.82) is 10.5 Å². The number of rotatable bonds is 5. The van der Waals surface area contributed by atoms with Gasteiger partial charge in [0.2, 0.25) is 0 Å². The summed E-state index contributed by atoms with van der Waals surface area (Å²) in [4.78, 5) is 0. The second-order valence-electron chi connectivity index (χ2n) is 7.81. The highest BCUT2D eigenvalue weighted by atomic mass is 16.5. The minimum absolute atomic E-state index is 0.417. The Bertz CT molecular complexity index is 664. The molecule has 1 aromatic carbocycles. The van der Waals surface area contributed by atoms with E-state index in [1.807, 2.05) is 12.1 Å². The van der Waals surface area contributed by atoms with Crippen molar-refractivity contribution in [3.63, 3.8) is 0 Å². The van der Waals surface area contributed by atoms with Crippen LogP contribution in [0.5, 0.6) is 0 Å². The Kier molecular flexibility index (Phi) is 6.87. The molecule has 0 saturated heterocycles. The molecule has 3 rings (SSSR count). The molecule has 0 atom stereocenters. The number of nitrogens with zero attached hydrogens (tertiary/aromatic N) is 2. The topological polar surface area (TPSA) is 56.8 Å². The first-order valence-electron chi connectivity index (χ1n) is 9.96. The lowest BCUT2D eigenvalue weighted by Crippen LogP contribution is -2.25. The zero-order valence-corrected chi connectivity index (χ0v) is 15.4. The molecule has 2 aliphatic carbocycles. The molecule has 0 spiro atoms. The molecule has 1 aromatic rings. The van der Waals surface area contributed by atoms with E-state index in [0.29, 0.717) is 23.9 Å². The molecule has 26 heavy (non-hydrogen) atoms. The van der Waals surface area contributed by atoms with E-state index in [4.69, 9.17) is 15.3 Å². The maximum absolute atomic E-state index is 8.91. The predicted octanol–water partition coefficient (Wildman–Crippen LogP) is 5.49. The molecule has 3 heteroatoms. The van der Waals surface area contributed by atoms with E-state index in [1.165, 1.54) is 44.1 Å². The number of nitriles is 2. The Balaban J connectivity index is 1.36. The van der Waals surface area contributed by atoms with Crippen LogP contribution in [0, 0.1) is 34.5 Å². The van der Waals surface area contributed by atoms with Crippen LogP contribution in [0.25, 0.3) is 0 Å². The van der Waals surface area contributed by atoms with E-state index in [2.05, 4.69) is 30.3 Å². The molecule has 2 fully saturated rings. The van der Waals surface area contributed by atoms with Crippen molar-refractivity contribution >= 4 is 0 Å². The average Bonchev–Trinajstić information content (AvgIpc) is 2.72. The molecule has 0 aromatic heterocycles. The van der Waals surface area contributed by atoms with Crippen LogP contribution in [0.15, 0.2) is 36.4 Å². The maximum Gasteiger partial charge on any atom is 0.0991 e. The molecule has 0 amide bonds. The van der Waals surface area contributed by atoms with E-state index >= 15 is 0 Å². The summed E-state index contributed by atoms with van der Waals surface area (Å²) in [5.74, 6) is 1.90. The van der Waals surface area contributed by atoms with Crippen molar-refractivity contribution < 1.29 is 4.74 Å². The molecule has 0 aliphatic heterocycles. The van der Waals surface area contributed by atoms with Crippen LogP contribution in [-0.2, 0) is 4.74 Å². The molecule has 0 heterocycles. The molecule has 2 aliphatic rings. The third-order valence-electron chi connectivity index (χ3n) is 6.09. The van der Waals surface area contributed by atoms with Gasteiger partial charge in [-0.25, -0.2) is 0 Å². The van der Waals surface area contributed by atoms with E-state index in [0.717, 1.165) is 25.0 Å². The molecule has 0 radical (unpaired) electrons. The summed E-state index contributed by atoms with van der Waals surface area (Å²) in [6.45, 7) is 0.904. The largest absolute Gasteiger partial charge is 0.378 e. The first-order chi connectivity index (χ1) is 12.8. The minimum atomic E-state index is 0.417. The summed E-state index contributed by atoms with van der Waals surface area (Å²) in [5, 5.41) is 17.5. The molecule has 2 saturated carbocycles. The first-order valence-corrected chi connectivity index (χ1v) is 9.96. The smallest absolute Gasteiger partial charge is 0.0991 e. The van der Waals surface area contributed by atoms with E-state index in [-0.39, 0.29) is 0 Å². The summed E-state index contributed by atoms with van der Waals surface area (Å²) < 4.78 is 6.25. The van der Waals surface area contributed by atoms with Crippen LogP contribution in [0.2, 0.25) is 0 Å². The lowest BCUT2D eigenvalue weighted by Gasteiger charge is -2.32. The predicted molar refractivity (Wildman–Crippen MR) is 102 cm³/mol. The van der Waals surface area contributed by atoms with Crippen LogP contribution < -0.4 is 0 Å². The van der Waals surface area contributed by atoms with Gasteiger partial charge in [0.25, 0.3) is 0 Å². The molecule has 136 valence electrons. The highest BCUT2D eigenvalue weighted by Crippen LogP contribution is 2.35. The Hall–Kier alpha value is -2.10. The van der Waals surface area contributed by atoms with Crippen molar-refractivity contribution in [3.05, 3.63) is 47.5 Å². The average molecular weight is 348 g/mol. The van der Waals surface area contributed by atoms with Crippen LogP contribution >= 0.6 is 0 Å². The van der Waals surface area contributed by atoms with Crippen LogP contribution in [-0.4, -0.2) is 12.7 Å². The van der Waals surface area contributed by atoms with Gasteiger partial charge in [0.1, 0.15) is 0 Å². The number of hydrogen-bond acceptors (Lipinski definition) is 3. The molecule has 0 bridgehead atoms. The fourth-order valence-electron chi connectivity index (χ4n) is 4.39. The normalized spacial score (nSPS) is 29.2. The number of benzene rings is 1. The van der Waals surface area contributed by atoms with Gasteiger partial charge in [0.05, 0.1) is 23.8 Å². The fourth-order valence-corrected chi connectivity index (χ4v) is 4.39. The second-order valence-corrected chi connectivity index (χ2v) is 7.81. The Morgan fingerprint density at radius 3 is 2.23 bits per heavy atom. The zero-order chi connectivity index (χ0) is 18.2. The SMILES string of the molecule is N#C/C=C/C1CCC(COC2CCC(c3ccc(C#N)cc3)CC2)CC1. The minimum Gasteiger partial charge on any atom is -0.378 e. The second kappa shape index (κ2) is 9.56.